The molecule has 0 saturated heterocycles. The Balaban J connectivity index is 1.79. The van der Waals surface area contributed by atoms with E-state index in [0.29, 0.717) is 27.1 Å². The molecule has 32 heavy (non-hydrogen) atoms. The smallest absolute Gasteiger partial charge is 0.299 e. The molecule has 0 N–H and O–H groups in total. The van der Waals surface area contributed by atoms with Gasteiger partial charge in [0.25, 0.3) is 0 Å². The minimum atomic E-state index is -4.61. The van der Waals surface area contributed by atoms with E-state index in [-0.39, 0.29) is 24.3 Å². The van der Waals surface area contributed by atoms with E-state index in [1.54, 1.807) is 48.8 Å². The first-order valence-corrected chi connectivity index (χ1v) is 10.2. The topological polar surface area (TPSA) is 55.7 Å². The molecule has 0 radical (unpaired) electrons. The van der Waals surface area contributed by atoms with Crippen molar-refractivity contribution in [3.8, 4) is 0 Å². The van der Waals surface area contributed by atoms with Gasteiger partial charge in [-0.1, -0.05) is 23.7 Å². The van der Waals surface area contributed by atoms with Crippen LogP contribution in [0.3, 0.4) is 0 Å². The summed E-state index contributed by atoms with van der Waals surface area (Å²) in [7, 11) is 0. The standard InChI is InChI=1S/C24H17ClF3N3O/c25-21-6-1-7-22-19(21)11-16(14-31-22)18(12-17(32)10-15-4-2-8-29-13-15)23-20(24(26,27)28)5-3-9-30-23/h1-9,11,13-14,18H,10,12H2/t18-/m0/s1. The molecule has 4 nitrogen and oxygen atoms in total. The molecular weight excluding hydrogens is 439 g/mol. The molecular formula is C24H17ClF3N3O. The number of Topliss-reactive ketones (excluding diaryl/α,β-unsaturated/α-hetero) is 1. The lowest BCUT2D eigenvalue weighted by Gasteiger charge is -2.21. The predicted molar refractivity (Wildman–Crippen MR) is 115 cm³/mol. The van der Waals surface area contributed by atoms with Gasteiger partial charge in [-0.25, -0.2) is 0 Å². The number of pyridine rings is 3. The van der Waals surface area contributed by atoms with Crippen LogP contribution in [0.1, 0.15) is 34.7 Å². The normalized spacial score (nSPS) is 12.6. The fourth-order valence-electron chi connectivity index (χ4n) is 3.66. The summed E-state index contributed by atoms with van der Waals surface area (Å²) in [6.07, 6.45) is 1.19. The molecule has 0 bridgehead atoms. The molecule has 0 spiro atoms. The average molecular weight is 456 g/mol. The molecule has 4 aromatic rings. The summed E-state index contributed by atoms with van der Waals surface area (Å²) in [4.78, 5) is 25.3. The van der Waals surface area contributed by atoms with Gasteiger partial charge in [-0.3, -0.25) is 19.7 Å². The van der Waals surface area contributed by atoms with Crippen molar-refractivity contribution in [2.75, 3.05) is 0 Å². The number of fused-ring (bicyclic) bond motifs is 1. The lowest BCUT2D eigenvalue weighted by Crippen LogP contribution is -2.18. The third-order valence-electron chi connectivity index (χ3n) is 5.13. The molecule has 162 valence electrons. The number of aromatic nitrogens is 3. The third-order valence-corrected chi connectivity index (χ3v) is 5.46. The summed E-state index contributed by atoms with van der Waals surface area (Å²) in [5.41, 5.74) is 0.646. The van der Waals surface area contributed by atoms with Crippen LogP contribution in [0.2, 0.25) is 5.02 Å². The fraction of sp³-hybridized carbons (Fsp3) is 0.167. The number of hydrogen-bond donors (Lipinski definition) is 0. The second-order valence-corrected chi connectivity index (χ2v) is 7.75. The van der Waals surface area contributed by atoms with Crippen molar-refractivity contribution >= 4 is 28.3 Å². The van der Waals surface area contributed by atoms with Gasteiger partial charge in [-0.15, -0.1) is 0 Å². The second kappa shape index (κ2) is 9.04. The maximum absolute atomic E-state index is 13.8. The molecule has 3 aromatic heterocycles. The SMILES string of the molecule is O=C(Cc1cccnc1)C[C@@H](c1cnc2cccc(Cl)c2c1)c1ncccc1C(F)(F)F. The highest BCUT2D eigenvalue weighted by atomic mass is 35.5. The van der Waals surface area contributed by atoms with Crippen LogP contribution >= 0.6 is 11.6 Å². The number of carbonyl (C=O) groups is 1. The Bertz CT molecular complexity index is 1260. The van der Waals surface area contributed by atoms with E-state index in [2.05, 4.69) is 15.0 Å². The van der Waals surface area contributed by atoms with Crippen LogP contribution in [0.4, 0.5) is 13.2 Å². The zero-order valence-corrected chi connectivity index (χ0v) is 17.4. The first-order valence-electron chi connectivity index (χ1n) is 9.80. The maximum atomic E-state index is 13.8. The lowest BCUT2D eigenvalue weighted by atomic mass is 9.87. The molecule has 0 fully saturated rings. The molecule has 1 aromatic carbocycles. The number of nitrogens with zero attached hydrogens (tertiary/aromatic N) is 3. The number of rotatable bonds is 6. The molecule has 0 unspecified atom stereocenters. The minimum absolute atomic E-state index is 0.0558. The third kappa shape index (κ3) is 4.78. The first kappa shape index (κ1) is 21.9. The van der Waals surface area contributed by atoms with Gasteiger partial charge >= 0.3 is 6.18 Å². The van der Waals surface area contributed by atoms with Crippen LogP contribution in [0.5, 0.6) is 0 Å². The monoisotopic (exact) mass is 455 g/mol. The van der Waals surface area contributed by atoms with Gasteiger partial charge in [0.05, 0.1) is 16.8 Å². The fourth-order valence-corrected chi connectivity index (χ4v) is 3.88. The maximum Gasteiger partial charge on any atom is 0.418 e. The Kier molecular flexibility index (Phi) is 6.19. The predicted octanol–water partition coefficient (Wildman–Crippen LogP) is 6.03. The Morgan fingerprint density at radius 2 is 1.81 bits per heavy atom. The largest absolute Gasteiger partial charge is 0.418 e. The summed E-state index contributed by atoms with van der Waals surface area (Å²) in [6.45, 7) is 0. The minimum Gasteiger partial charge on any atom is -0.299 e. The number of hydrogen-bond acceptors (Lipinski definition) is 4. The van der Waals surface area contributed by atoms with Crippen LogP contribution in [0.15, 0.2) is 73.3 Å². The zero-order valence-electron chi connectivity index (χ0n) is 16.7. The summed E-state index contributed by atoms with van der Waals surface area (Å²) in [6, 6.07) is 12.5. The summed E-state index contributed by atoms with van der Waals surface area (Å²) < 4.78 is 41.3. The molecule has 3 heterocycles. The Morgan fingerprint density at radius 1 is 1.00 bits per heavy atom. The molecule has 0 saturated carbocycles. The van der Waals surface area contributed by atoms with Crippen molar-refractivity contribution in [2.24, 2.45) is 0 Å². The number of alkyl halides is 3. The Hall–Kier alpha value is -3.32. The van der Waals surface area contributed by atoms with Gasteiger partial charge in [-0.2, -0.15) is 13.2 Å². The Labute approximate surface area is 187 Å². The molecule has 1 atom stereocenters. The van der Waals surface area contributed by atoms with Gasteiger partial charge < -0.3 is 0 Å². The van der Waals surface area contributed by atoms with Crippen molar-refractivity contribution in [1.29, 1.82) is 0 Å². The molecule has 8 heteroatoms. The number of benzene rings is 1. The van der Waals surface area contributed by atoms with Crippen molar-refractivity contribution < 1.29 is 18.0 Å². The summed E-state index contributed by atoms with van der Waals surface area (Å²) >= 11 is 6.29. The summed E-state index contributed by atoms with van der Waals surface area (Å²) in [5.74, 6) is -1.17. The number of ketones is 1. The quantitative estimate of drug-likeness (QED) is 0.356. The van der Waals surface area contributed by atoms with Crippen molar-refractivity contribution in [2.45, 2.75) is 24.9 Å². The number of halogens is 4. The molecule has 4 rings (SSSR count). The van der Waals surface area contributed by atoms with Crippen LogP contribution < -0.4 is 0 Å². The van der Waals surface area contributed by atoms with E-state index in [4.69, 9.17) is 11.6 Å². The highest BCUT2D eigenvalue weighted by Crippen LogP contribution is 2.38. The van der Waals surface area contributed by atoms with Gasteiger partial charge in [0.15, 0.2) is 0 Å². The van der Waals surface area contributed by atoms with Crippen LogP contribution in [0, 0.1) is 0 Å². The molecule has 0 aliphatic carbocycles. The van der Waals surface area contributed by atoms with E-state index in [1.807, 2.05) is 0 Å². The number of carbonyl (C=O) groups excluding carboxylic acids is 1. The van der Waals surface area contributed by atoms with Gasteiger partial charge in [0.2, 0.25) is 0 Å². The second-order valence-electron chi connectivity index (χ2n) is 7.34. The Morgan fingerprint density at radius 3 is 2.56 bits per heavy atom. The molecule has 0 aliphatic heterocycles. The van der Waals surface area contributed by atoms with E-state index in [1.165, 1.54) is 18.5 Å². The highest BCUT2D eigenvalue weighted by Gasteiger charge is 2.37. The van der Waals surface area contributed by atoms with Crippen molar-refractivity contribution in [3.05, 3.63) is 101 Å². The molecule has 0 aliphatic rings. The van der Waals surface area contributed by atoms with Crippen LogP contribution in [-0.4, -0.2) is 20.7 Å². The van der Waals surface area contributed by atoms with E-state index in [9.17, 15) is 18.0 Å². The average Bonchev–Trinajstić information content (AvgIpc) is 2.78. The highest BCUT2D eigenvalue weighted by molar-refractivity contribution is 6.35. The van der Waals surface area contributed by atoms with E-state index in [0.717, 1.165) is 6.07 Å². The van der Waals surface area contributed by atoms with Crippen molar-refractivity contribution in [1.82, 2.24) is 15.0 Å². The summed E-state index contributed by atoms with van der Waals surface area (Å²) in [5, 5.41) is 1.02. The molecule has 0 amide bonds. The van der Waals surface area contributed by atoms with Crippen molar-refractivity contribution in [3.63, 3.8) is 0 Å². The van der Waals surface area contributed by atoms with Crippen LogP contribution in [-0.2, 0) is 17.4 Å². The van der Waals surface area contributed by atoms with Crippen LogP contribution in [0.25, 0.3) is 10.9 Å². The van der Waals surface area contributed by atoms with Gasteiger partial charge in [-0.05, 0) is 47.5 Å². The van der Waals surface area contributed by atoms with Gasteiger partial charge in [0.1, 0.15) is 5.78 Å². The van der Waals surface area contributed by atoms with E-state index >= 15 is 0 Å². The first-order chi connectivity index (χ1) is 15.3. The zero-order chi connectivity index (χ0) is 22.7. The van der Waals surface area contributed by atoms with E-state index < -0.39 is 17.7 Å². The van der Waals surface area contributed by atoms with Gasteiger partial charge in [0, 0.05) is 54.0 Å². The lowest BCUT2D eigenvalue weighted by molar-refractivity contribution is -0.138.